The van der Waals surface area contributed by atoms with E-state index in [1.165, 1.54) is 12.1 Å². The minimum absolute atomic E-state index is 0.0462. The second-order valence-corrected chi connectivity index (χ2v) is 6.97. The minimum atomic E-state index is -0.584. The molecule has 0 atom stereocenters. The Kier molecular flexibility index (Phi) is 5.87. The van der Waals surface area contributed by atoms with Crippen LogP contribution in [0, 0.1) is 28.4 Å². The van der Waals surface area contributed by atoms with Crippen molar-refractivity contribution < 1.29 is 9.66 Å². The Morgan fingerprint density at radius 1 is 1.17 bits per heavy atom. The number of nitriles is 1. The van der Waals surface area contributed by atoms with E-state index >= 15 is 0 Å². The monoisotopic (exact) mass is 429 g/mol. The Morgan fingerprint density at radius 2 is 1.93 bits per heavy atom. The summed E-state index contributed by atoms with van der Waals surface area (Å²) in [6.07, 6.45) is 0. The van der Waals surface area contributed by atoms with Crippen LogP contribution in [-0.2, 0) is 6.61 Å². The lowest BCUT2D eigenvalue weighted by Crippen LogP contribution is -2.12. The summed E-state index contributed by atoms with van der Waals surface area (Å²) in [4.78, 5) is 25.5. The van der Waals surface area contributed by atoms with Gasteiger partial charge in [0.15, 0.2) is 5.75 Å². The Balaban J connectivity index is 1.98. The van der Waals surface area contributed by atoms with Crippen LogP contribution < -0.4 is 10.3 Å². The van der Waals surface area contributed by atoms with Gasteiger partial charge in [-0.25, -0.2) is 0 Å². The summed E-state index contributed by atoms with van der Waals surface area (Å²) in [5.74, 6) is 0.0462. The van der Waals surface area contributed by atoms with E-state index in [0.29, 0.717) is 32.4 Å². The number of benzene rings is 2. The Labute approximate surface area is 175 Å². The standard InChI is InChI=1S/C20H13Cl2N3O4/c1-11-6-14(15(9-23)20(26)24-11)13-3-5-19(18(8-13)25(27)28)29-10-12-2-4-16(21)17(22)7-12/h2-8H,10H2,1H3,(H,24,26). The molecule has 2 aromatic carbocycles. The molecule has 0 aliphatic heterocycles. The van der Waals surface area contributed by atoms with Crippen LogP contribution in [0.4, 0.5) is 5.69 Å². The second kappa shape index (κ2) is 8.35. The van der Waals surface area contributed by atoms with E-state index in [1.807, 2.05) is 6.07 Å². The molecule has 0 spiro atoms. The second-order valence-electron chi connectivity index (χ2n) is 6.16. The molecule has 3 aromatic rings. The van der Waals surface area contributed by atoms with Gasteiger partial charge in [0.2, 0.25) is 0 Å². The van der Waals surface area contributed by atoms with E-state index in [2.05, 4.69) is 4.98 Å². The smallest absolute Gasteiger partial charge is 0.311 e. The summed E-state index contributed by atoms with van der Waals surface area (Å²) in [7, 11) is 0. The van der Waals surface area contributed by atoms with Crippen LogP contribution in [0.25, 0.3) is 11.1 Å². The van der Waals surface area contributed by atoms with Gasteiger partial charge in [0.05, 0.1) is 15.0 Å². The van der Waals surface area contributed by atoms with Gasteiger partial charge in [-0.15, -0.1) is 0 Å². The van der Waals surface area contributed by atoms with E-state index in [4.69, 9.17) is 27.9 Å². The molecule has 0 fully saturated rings. The van der Waals surface area contributed by atoms with Crippen LogP contribution in [0.1, 0.15) is 16.8 Å². The maximum absolute atomic E-state index is 12.0. The largest absolute Gasteiger partial charge is 0.482 e. The number of aromatic amines is 1. The van der Waals surface area contributed by atoms with Crippen LogP contribution in [0.2, 0.25) is 10.0 Å². The van der Waals surface area contributed by atoms with Crippen molar-refractivity contribution in [3.8, 4) is 22.9 Å². The number of ether oxygens (including phenoxy) is 1. The van der Waals surface area contributed by atoms with E-state index < -0.39 is 10.5 Å². The number of halogens is 2. The van der Waals surface area contributed by atoms with Crippen LogP contribution in [-0.4, -0.2) is 9.91 Å². The average molecular weight is 430 g/mol. The zero-order chi connectivity index (χ0) is 21.1. The fourth-order valence-corrected chi connectivity index (χ4v) is 3.09. The third kappa shape index (κ3) is 4.40. The van der Waals surface area contributed by atoms with Gasteiger partial charge in [-0.1, -0.05) is 35.3 Å². The molecule has 0 unspecified atom stereocenters. The van der Waals surface area contributed by atoms with Gasteiger partial charge in [-0.3, -0.25) is 14.9 Å². The van der Waals surface area contributed by atoms with Gasteiger partial charge >= 0.3 is 5.69 Å². The Hall–Kier alpha value is -3.34. The van der Waals surface area contributed by atoms with Crippen molar-refractivity contribution in [1.82, 2.24) is 4.98 Å². The number of hydrogen-bond acceptors (Lipinski definition) is 5. The number of aryl methyl sites for hydroxylation is 1. The number of nitrogens with zero attached hydrogens (tertiary/aromatic N) is 2. The summed E-state index contributed by atoms with van der Waals surface area (Å²) in [5, 5.41) is 21.6. The predicted molar refractivity (Wildman–Crippen MR) is 109 cm³/mol. The number of nitro groups is 1. The molecule has 0 saturated heterocycles. The molecule has 29 heavy (non-hydrogen) atoms. The van der Waals surface area contributed by atoms with Gasteiger partial charge in [0.1, 0.15) is 18.2 Å². The molecular formula is C20H13Cl2N3O4. The highest BCUT2D eigenvalue weighted by Crippen LogP contribution is 2.34. The third-order valence-electron chi connectivity index (χ3n) is 4.12. The molecule has 7 nitrogen and oxygen atoms in total. The molecule has 3 rings (SSSR count). The van der Waals surface area contributed by atoms with Crippen molar-refractivity contribution >= 4 is 28.9 Å². The van der Waals surface area contributed by atoms with Crippen LogP contribution >= 0.6 is 23.2 Å². The lowest BCUT2D eigenvalue weighted by atomic mass is 10.0. The van der Waals surface area contributed by atoms with Crippen LogP contribution in [0.15, 0.2) is 47.3 Å². The van der Waals surface area contributed by atoms with Gasteiger partial charge in [0.25, 0.3) is 5.56 Å². The summed E-state index contributed by atoms with van der Waals surface area (Å²) in [5.41, 5.74) is 0.947. The molecule has 1 aromatic heterocycles. The van der Waals surface area contributed by atoms with E-state index in [9.17, 15) is 20.2 Å². The first-order chi connectivity index (χ1) is 13.8. The SMILES string of the molecule is Cc1cc(-c2ccc(OCc3ccc(Cl)c(Cl)c3)c([N+](=O)[O-])c2)c(C#N)c(=O)[nH]1. The number of H-pyrrole nitrogens is 1. The molecule has 0 radical (unpaired) electrons. The van der Waals surface area contributed by atoms with Crippen molar-refractivity contribution in [1.29, 1.82) is 5.26 Å². The number of nitrogens with one attached hydrogen (secondary N) is 1. The normalized spacial score (nSPS) is 10.4. The molecule has 0 bridgehead atoms. The first-order valence-electron chi connectivity index (χ1n) is 8.29. The topological polar surface area (TPSA) is 109 Å². The molecule has 9 heteroatoms. The first kappa shape index (κ1) is 20.4. The van der Waals surface area contributed by atoms with Gasteiger partial charge in [-0.2, -0.15) is 5.26 Å². The van der Waals surface area contributed by atoms with E-state index in [0.717, 1.165) is 0 Å². The lowest BCUT2D eigenvalue weighted by Gasteiger charge is -2.10. The lowest BCUT2D eigenvalue weighted by molar-refractivity contribution is -0.385. The Morgan fingerprint density at radius 3 is 2.59 bits per heavy atom. The zero-order valence-corrected chi connectivity index (χ0v) is 16.5. The van der Waals surface area contributed by atoms with Gasteiger partial charge in [-0.05, 0) is 42.3 Å². The number of hydrogen-bond donors (Lipinski definition) is 1. The predicted octanol–water partition coefficient (Wildman–Crippen LogP) is 5.02. The maximum Gasteiger partial charge on any atom is 0.311 e. The quantitative estimate of drug-likeness (QED) is 0.452. The number of pyridine rings is 1. The zero-order valence-electron chi connectivity index (χ0n) is 15.0. The first-order valence-corrected chi connectivity index (χ1v) is 9.05. The summed E-state index contributed by atoms with van der Waals surface area (Å²) >= 11 is 11.8. The van der Waals surface area contributed by atoms with Crippen LogP contribution in [0.3, 0.4) is 0 Å². The minimum Gasteiger partial charge on any atom is -0.482 e. The molecule has 1 N–H and O–H groups in total. The van der Waals surface area contributed by atoms with Crippen molar-refractivity contribution in [3.05, 3.63) is 89.8 Å². The number of nitro benzene ring substituents is 1. The van der Waals surface area contributed by atoms with E-state index in [1.54, 1.807) is 37.3 Å². The molecule has 0 amide bonds. The summed E-state index contributed by atoms with van der Waals surface area (Å²) < 4.78 is 5.60. The van der Waals surface area contributed by atoms with Crippen LogP contribution in [0.5, 0.6) is 5.75 Å². The highest BCUT2D eigenvalue weighted by atomic mass is 35.5. The molecule has 146 valence electrons. The number of rotatable bonds is 5. The van der Waals surface area contributed by atoms with Crippen molar-refractivity contribution in [2.75, 3.05) is 0 Å². The highest BCUT2D eigenvalue weighted by molar-refractivity contribution is 6.42. The molecule has 0 saturated carbocycles. The summed E-state index contributed by atoms with van der Waals surface area (Å²) in [6, 6.07) is 12.6. The number of aromatic nitrogens is 1. The highest BCUT2D eigenvalue weighted by Gasteiger charge is 2.19. The van der Waals surface area contributed by atoms with Crippen molar-refractivity contribution in [2.24, 2.45) is 0 Å². The van der Waals surface area contributed by atoms with Crippen molar-refractivity contribution in [3.63, 3.8) is 0 Å². The van der Waals surface area contributed by atoms with E-state index in [-0.39, 0.29) is 23.6 Å². The maximum atomic E-state index is 12.0. The molecular weight excluding hydrogens is 417 g/mol. The fraction of sp³-hybridized carbons (Fsp3) is 0.100. The third-order valence-corrected chi connectivity index (χ3v) is 4.86. The summed E-state index contributed by atoms with van der Waals surface area (Å²) in [6.45, 7) is 1.71. The van der Waals surface area contributed by atoms with Gasteiger partial charge in [0, 0.05) is 17.3 Å². The Bertz CT molecular complexity index is 1220. The fourth-order valence-electron chi connectivity index (χ4n) is 2.77. The molecule has 1 heterocycles. The molecule has 0 aliphatic carbocycles. The average Bonchev–Trinajstić information content (AvgIpc) is 2.68. The van der Waals surface area contributed by atoms with Gasteiger partial charge < -0.3 is 9.72 Å². The van der Waals surface area contributed by atoms with Crippen molar-refractivity contribution in [2.45, 2.75) is 13.5 Å². The molecule has 0 aliphatic rings.